The van der Waals surface area contributed by atoms with E-state index < -0.39 is 0 Å². The average molecular weight is 1500 g/mol. The van der Waals surface area contributed by atoms with Gasteiger partial charge in [0.25, 0.3) is 0 Å². The zero-order valence-corrected chi connectivity index (χ0v) is 63.7. The molecular weight excluding hydrogens is 1430 g/mol. The highest BCUT2D eigenvalue weighted by molar-refractivity contribution is 6.42. The van der Waals surface area contributed by atoms with E-state index in [4.69, 9.17) is 0 Å². The molecule has 0 spiro atoms. The van der Waals surface area contributed by atoms with E-state index in [9.17, 15) is 0 Å². The standard InChI is InChI=1S/C110H62N8/c1-111-83-43-19-15-35-69(83)99-95(111)57-81-79-55-92-80(56-91(79)115-86-46-22-17-37-71(86)101(99)107(81)115)82-58-96-100(102-72-38-18-23-47-87(72)116(92)108(82)102)70-36-16-20-44-84(70)112(96)59-60-48-49-66-76-52-94-78(54-90(76)114(88(66)50-60)64-32-12-5-13-33-64)68-40-25-42-74-104-97(61-26-6-2-7-27-61)109-103(98(62-28-8-3-9-29-62)110(104)118(94)106(68)74)73-41-24-39-67-77-53-89-75(51-93(77)117(109)105(67)73)65-34-14-21-45-85(65)113(89)63-30-10-4-11-31-63/h2-58H,59H2,1H3. The fourth-order valence-corrected chi connectivity index (χ4v) is 23.4. The van der Waals surface area contributed by atoms with Crippen LogP contribution in [0.25, 0.3) is 273 Å². The molecule has 0 amide bonds. The van der Waals surface area contributed by atoms with E-state index in [1.807, 2.05) is 0 Å². The van der Waals surface area contributed by atoms with Crippen LogP contribution in [0.3, 0.4) is 0 Å². The van der Waals surface area contributed by atoms with Gasteiger partial charge in [-0.25, -0.2) is 0 Å². The fraction of sp³-hybridized carbons (Fsp3) is 0.0182. The second-order valence-electron chi connectivity index (χ2n) is 33.3. The monoisotopic (exact) mass is 1490 g/mol. The van der Waals surface area contributed by atoms with Gasteiger partial charge in [0.05, 0.1) is 99.3 Å². The second kappa shape index (κ2) is 21.2. The van der Waals surface area contributed by atoms with Crippen molar-refractivity contribution in [3.8, 4) is 33.6 Å². The molecular formula is C110H62N8. The Bertz CT molecular complexity index is 9780. The first-order valence-corrected chi connectivity index (χ1v) is 41.2. The van der Waals surface area contributed by atoms with Crippen LogP contribution in [-0.2, 0) is 13.6 Å². The van der Waals surface area contributed by atoms with Crippen molar-refractivity contribution >= 4 is 240 Å². The predicted octanol–water partition coefficient (Wildman–Crippen LogP) is 28.6. The predicted molar refractivity (Wildman–Crippen MR) is 497 cm³/mol. The highest BCUT2D eigenvalue weighted by atomic mass is 15.0. The summed E-state index contributed by atoms with van der Waals surface area (Å²) in [5.41, 5.74) is 33.0. The zero-order valence-electron chi connectivity index (χ0n) is 63.7. The van der Waals surface area contributed by atoms with Crippen molar-refractivity contribution < 1.29 is 0 Å². The summed E-state index contributed by atoms with van der Waals surface area (Å²) in [6.07, 6.45) is 0. The van der Waals surface area contributed by atoms with Crippen molar-refractivity contribution in [2.75, 3.05) is 0 Å². The Morgan fingerprint density at radius 2 is 0.534 bits per heavy atom. The van der Waals surface area contributed by atoms with E-state index in [1.165, 1.54) is 267 Å². The molecule has 542 valence electrons. The van der Waals surface area contributed by atoms with E-state index in [2.05, 4.69) is 389 Å². The molecule has 12 aromatic heterocycles. The fourth-order valence-electron chi connectivity index (χ4n) is 23.4. The molecule has 0 atom stereocenters. The summed E-state index contributed by atoms with van der Waals surface area (Å²) in [6.45, 7) is 0.659. The normalized spacial score (nSPS) is 13.0. The van der Waals surface area contributed by atoms with Crippen molar-refractivity contribution in [1.29, 1.82) is 0 Å². The summed E-state index contributed by atoms with van der Waals surface area (Å²) in [5.74, 6) is 0. The molecule has 0 N–H and O–H groups in total. The Morgan fingerprint density at radius 3 is 1.06 bits per heavy atom. The SMILES string of the molecule is Cn1c2ccccc2c2c3c4ccccc4n4c5cc6c7cc8c(c9ccccc9n8Cc8ccc9c%10cc%11c(cc%10n(-c%10ccccc%10)c9c8)c8cccc9c%10c(-c%12ccccc%12)c%12c(c(-c%13ccccc%13)c%10n%11c89)c8cccc9c%10cc%11c(cc%10n%12c98)c8ccccc8n%11-c8ccccc8)c8c9ccccc9n(c6cc5c(cc21)c34)c78. The number of rotatable bonds is 6. The summed E-state index contributed by atoms with van der Waals surface area (Å²) in [7, 11) is 2.24. The molecule has 8 nitrogen and oxygen atoms in total. The van der Waals surface area contributed by atoms with E-state index in [0.717, 1.165) is 11.4 Å². The van der Waals surface area contributed by atoms with Crippen LogP contribution in [0.1, 0.15) is 5.56 Å². The molecule has 0 saturated heterocycles. The van der Waals surface area contributed by atoms with Gasteiger partial charge in [0.1, 0.15) is 0 Å². The summed E-state index contributed by atoms with van der Waals surface area (Å²) in [5, 5.41) is 30.4. The first kappa shape index (κ1) is 60.9. The van der Waals surface area contributed by atoms with Crippen molar-refractivity contribution in [3.05, 3.63) is 351 Å². The van der Waals surface area contributed by atoms with Crippen LogP contribution in [0.5, 0.6) is 0 Å². The number of fused-ring (bicyclic) bond motifs is 38. The van der Waals surface area contributed by atoms with E-state index in [0.29, 0.717) is 6.54 Å². The summed E-state index contributed by atoms with van der Waals surface area (Å²) >= 11 is 0. The molecule has 0 aliphatic carbocycles. The molecule has 30 rings (SSSR count). The Morgan fingerprint density at radius 1 is 0.186 bits per heavy atom. The first-order chi connectivity index (χ1) is 58.5. The number of aromatic nitrogens is 8. The van der Waals surface area contributed by atoms with Gasteiger partial charge < -0.3 is 35.9 Å². The molecule has 0 unspecified atom stereocenters. The van der Waals surface area contributed by atoms with Gasteiger partial charge in [0.15, 0.2) is 0 Å². The number of para-hydroxylation sites is 9. The lowest BCUT2D eigenvalue weighted by Gasteiger charge is -2.16. The number of hydrogen-bond acceptors (Lipinski definition) is 0. The quantitative estimate of drug-likeness (QED) is 0.159. The van der Waals surface area contributed by atoms with Crippen molar-refractivity contribution in [1.82, 2.24) is 35.9 Å². The van der Waals surface area contributed by atoms with Crippen LogP contribution < -0.4 is 0 Å². The molecule has 0 radical (unpaired) electrons. The van der Waals surface area contributed by atoms with Gasteiger partial charge in [-0.15, -0.1) is 0 Å². The summed E-state index contributed by atoms with van der Waals surface area (Å²) < 4.78 is 20.6. The zero-order chi connectivity index (χ0) is 76.1. The molecule has 118 heavy (non-hydrogen) atoms. The van der Waals surface area contributed by atoms with Crippen LogP contribution in [0.2, 0.25) is 0 Å². The van der Waals surface area contributed by atoms with Gasteiger partial charge in [0.2, 0.25) is 0 Å². The van der Waals surface area contributed by atoms with Crippen LogP contribution in [0, 0.1) is 0 Å². The second-order valence-corrected chi connectivity index (χ2v) is 33.3. The van der Waals surface area contributed by atoms with E-state index in [-0.39, 0.29) is 0 Å². The minimum absolute atomic E-state index is 0.659. The number of hydrogen-bond donors (Lipinski definition) is 0. The van der Waals surface area contributed by atoms with Gasteiger partial charge in [-0.3, -0.25) is 0 Å². The van der Waals surface area contributed by atoms with Crippen LogP contribution >= 0.6 is 0 Å². The molecule has 0 fully saturated rings. The maximum absolute atomic E-state index is 2.69. The topological polar surface area (TPSA) is 37.4 Å². The lowest BCUT2D eigenvalue weighted by atomic mass is 9.89. The van der Waals surface area contributed by atoms with Crippen LogP contribution in [0.4, 0.5) is 0 Å². The molecule has 0 aliphatic heterocycles. The maximum atomic E-state index is 2.69. The van der Waals surface area contributed by atoms with Gasteiger partial charge >= 0.3 is 0 Å². The van der Waals surface area contributed by atoms with Gasteiger partial charge in [-0.2, -0.15) is 0 Å². The van der Waals surface area contributed by atoms with Crippen LogP contribution in [-0.4, -0.2) is 35.9 Å². The third-order valence-corrected chi connectivity index (χ3v) is 27.9. The lowest BCUT2D eigenvalue weighted by molar-refractivity contribution is 0.870. The van der Waals surface area contributed by atoms with Crippen molar-refractivity contribution in [2.24, 2.45) is 7.05 Å². The first-order valence-electron chi connectivity index (χ1n) is 41.2. The minimum atomic E-state index is 0.659. The Kier molecular flexibility index (Phi) is 11.0. The molecule has 0 saturated carbocycles. The Labute approximate surface area is 669 Å². The number of benzene rings is 18. The third-order valence-electron chi connectivity index (χ3n) is 27.9. The molecule has 0 aliphatic rings. The molecule has 30 aromatic rings. The summed E-state index contributed by atoms with van der Waals surface area (Å²) in [4.78, 5) is 0. The van der Waals surface area contributed by atoms with Crippen molar-refractivity contribution in [2.45, 2.75) is 6.54 Å². The minimum Gasteiger partial charge on any atom is -0.344 e. The number of aryl methyl sites for hydroxylation is 1. The van der Waals surface area contributed by atoms with Gasteiger partial charge in [0, 0.05) is 176 Å². The largest absolute Gasteiger partial charge is 0.344 e. The van der Waals surface area contributed by atoms with Crippen LogP contribution in [0.15, 0.2) is 346 Å². The summed E-state index contributed by atoms with van der Waals surface area (Å²) in [6, 6.07) is 132. The highest BCUT2D eigenvalue weighted by Gasteiger charge is 2.34. The van der Waals surface area contributed by atoms with Gasteiger partial charge in [-0.05, 0) is 126 Å². The maximum Gasteiger partial charge on any atom is 0.0634 e. The number of nitrogens with zero attached hydrogens (tertiary/aromatic N) is 8. The third kappa shape index (κ3) is 7.15. The smallest absolute Gasteiger partial charge is 0.0634 e. The van der Waals surface area contributed by atoms with Gasteiger partial charge in [-0.1, -0.05) is 237 Å². The van der Waals surface area contributed by atoms with E-state index >= 15 is 0 Å². The molecule has 0 bridgehead atoms. The average Bonchev–Trinajstić information content (AvgIpc) is 1.49. The Hall–Kier alpha value is -15.6. The molecule has 8 heteroatoms. The molecule has 12 heterocycles. The van der Waals surface area contributed by atoms with Crippen molar-refractivity contribution in [3.63, 3.8) is 0 Å². The molecule has 18 aromatic carbocycles. The lowest BCUT2D eigenvalue weighted by Crippen LogP contribution is -2.00. The highest BCUT2D eigenvalue weighted by Crippen LogP contribution is 2.57. The van der Waals surface area contributed by atoms with E-state index in [1.54, 1.807) is 0 Å². The Balaban J connectivity index is 0.668.